The molecule has 5 heteroatoms. The minimum atomic E-state index is -1.43. The van der Waals surface area contributed by atoms with E-state index in [4.69, 9.17) is 0 Å². The summed E-state index contributed by atoms with van der Waals surface area (Å²) in [5.74, 6) is -1.24. The van der Waals surface area contributed by atoms with E-state index in [0.29, 0.717) is 12.1 Å². The lowest BCUT2D eigenvalue weighted by atomic mass is 10.2. The van der Waals surface area contributed by atoms with Gasteiger partial charge in [-0.25, -0.2) is 13.2 Å². The molecule has 0 saturated carbocycles. The van der Waals surface area contributed by atoms with Crippen molar-refractivity contribution in [2.24, 2.45) is 5.73 Å². The quantitative estimate of drug-likeness (QED) is 0.490. The molecular weight excluding hydrogens is 195 g/mol. The van der Waals surface area contributed by atoms with Crippen molar-refractivity contribution in [1.82, 2.24) is 0 Å². The van der Waals surface area contributed by atoms with E-state index in [1.165, 1.54) is 0 Å². The number of carbonyl (C=O) groups excluding carboxylic acids is 1. The average Bonchev–Trinajstić information content (AvgIpc) is 2.11. The molecule has 0 bridgehead atoms. The molecule has 1 amide bonds. The average molecular weight is 199 g/mol. The Hall–Kier alpha value is -1.96. The van der Waals surface area contributed by atoms with E-state index in [1.54, 1.807) is 11.8 Å². The number of halogens is 3. The Balaban J connectivity index is 3.28. The molecule has 0 heterocycles. The van der Waals surface area contributed by atoms with Gasteiger partial charge >= 0.3 is 0 Å². The molecular formula is C9H4F3NO. The van der Waals surface area contributed by atoms with Crippen LogP contribution in [-0.4, -0.2) is 5.91 Å². The predicted molar refractivity (Wildman–Crippen MR) is 42.4 cm³/mol. The van der Waals surface area contributed by atoms with Crippen LogP contribution in [-0.2, 0) is 4.79 Å². The van der Waals surface area contributed by atoms with E-state index < -0.39 is 28.9 Å². The summed E-state index contributed by atoms with van der Waals surface area (Å²) in [7, 11) is 0. The van der Waals surface area contributed by atoms with Gasteiger partial charge in [-0.3, -0.25) is 4.79 Å². The lowest BCUT2D eigenvalue weighted by Crippen LogP contribution is -2.06. The maximum Gasteiger partial charge on any atom is 0.293 e. The van der Waals surface area contributed by atoms with Crippen LogP contribution in [0.4, 0.5) is 13.2 Å². The Kier molecular flexibility index (Phi) is 2.77. The second-order valence-corrected chi connectivity index (χ2v) is 2.33. The fourth-order valence-corrected chi connectivity index (χ4v) is 0.766. The van der Waals surface area contributed by atoms with Crippen LogP contribution in [0.1, 0.15) is 5.56 Å². The van der Waals surface area contributed by atoms with Crippen molar-refractivity contribution in [3.05, 3.63) is 35.1 Å². The molecule has 0 aliphatic rings. The predicted octanol–water partition coefficient (Wildman–Crippen LogP) is 0.941. The molecule has 1 rings (SSSR count). The third-order valence-corrected chi connectivity index (χ3v) is 1.35. The van der Waals surface area contributed by atoms with E-state index in [0.717, 1.165) is 0 Å². The lowest BCUT2D eigenvalue weighted by Gasteiger charge is -1.96. The molecule has 0 fully saturated rings. The SMILES string of the molecule is NC(=O)C#Cc1c(F)ccc(F)c1F. The number of hydrogen-bond acceptors (Lipinski definition) is 1. The first-order valence-electron chi connectivity index (χ1n) is 3.47. The Morgan fingerprint density at radius 2 is 1.79 bits per heavy atom. The van der Waals surface area contributed by atoms with Crippen LogP contribution in [0.15, 0.2) is 12.1 Å². The summed E-state index contributed by atoms with van der Waals surface area (Å²) in [4.78, 5) is 10.2. The Bertz CT molecular complexity index is 445. The third kappa shape index (κ3) is 2.04. The zero-order valence-electron chi connectivity index (χ0n) is 6.77. The lowest BCUT2D eigenvalue weighted by molar-refractivity contribution is -0.112. The van der Waals surface area contributed by atoms with Gasteiger partial charge in [-0.2, -0.15) is 0 Å². The largest absolute Gasteiger partial charge is 0.359 e. The summed E-state index contributed by atoms with van der Waals surface area (Å²) in [6.45, 7) is 0. The Morgan fingerprint density at radius 1 is 1.21 bits per heavy atom. The van der Waals surface area contributed by atoms with Crippen molar-refractivity contribution in [3.8, 4) is 11.8 Å². The number of nitrogens with two attached hydrogens (primary N) is 1. The van der Waals surface area contributed by atoms with E-state index in [1.807, 2.05) is 0 Å². The molecule has 0 atom stereocenters. The molecule has 0 aliphatic heterocycles. The number of benzene rings is 1. The Labute approximate surface area is 77.5 Å². The summed E-state index contributed by atoms with van der Waals surface area (Å²) >= 11 is 0. The van der Waals surface area contributed by atoms with Crippen molar-refractivity contribution in [2.45, 2.75) is 0 Å². The fraction of sp³-hybridized carbons (Fsp3) is 0. The highest BCUT2D eigenvalue weighted by molar-refractivity contribution is 5.92. The van der Waals surface area contributed by atoms with Gasteiger partial charge < -0.3 is 5.73 Å². The number of amides is 1. The maximum absolute atomic E-state index is 12.8. The van der Waals surface area contributed by atoms with Gasteiger partial charge in [0.25, 0.3) is 5.91 Å². The van der Waals surface area contributed by atoms with Crippen molar-refractivity contribution in [2.75, 3.05) is 0 Å². The van der Waals surface area contributed by atoms with Crippen molar-refractivity contribution < 1.29 is 18.0 Å². The van der Waals surface area contributed by atoms with Gasteiger partial charge in [-0.05, 0) is 12.1 Å². The molecule has 0 aromatic heterocycles. The van der Waals surface area contributed by atoms with Crippen LogP contribution in [0, 0.1) is 29.3 Å². The highest BCUT2D eigenvalue weighted by atomic mass is 19.2. The fourth-order valence-electron chi connectivity index (χ4n) is 0.766. The highest BCUT2D eigenvalue weighted by Gasteiger charge is 2.11. The first-order valence-corrected chi connectivity index (χ1v) is 3.47. The van der Waals surface area contributed by atoms with Crippen LogP contribution < -0.4 is 5.73 Å². The molecule has 0 aliphatic carbocycles. The zero-order chi connectivity index (χ0) is 10.7. The third-order valence-electron chi connectivity index (χ3n) is 1.35. The second kappa shape index (κ2) is 3.83. The maximum atomic E-state index is 12.8. The summed E-state index contributed by atoms with van der Waals surface area (Å²) in [5, 5.41) is 0. The van der Waals surface area contributed by atoms with Crippen LogP contribution >= 0.6 is 0 Å². The molecule has 0 saturated heterocycles. The molecule has 0 spiro atoms. The van der Waals surface area contributed by atoms with Crippen molar-refractivity contribution in [3.63, 3.8) is 0 Å². The summed E-state index contributed by atoms with van der Waals surface area (Å²) in [6, 6.07) is 1.34. The van der Waals surface area contributed by atoms with Gasteiger partial charge in [0.2, 0.25) is 0 Å². The monoisotopic (exact) mass is 199 g/mol. The second-order valence-electron chi connectivity index (χ2n) is 2.33. The zero-order valence-corrected chi connectivity index (χ0v) is 6.77. The number of rotatable bonds is 0. The molecule has 0 radical (unpaired) electrons. The van der Waals surface area contributed by atoms with Crippen LogP contribution in [0.3, 0.4) is 0 Å². The molecule has 1 aromatic rings. The minimum absolute atomic E-state index is 0.625. The summed E-state index contributed by atoms with van der Waals surface area (Å²) in [5.41, 5.74) is 3.83. The van der Waals surface area contributed by atoms with Gasteiger partial charge in [0.1, 0.15) is 5.82 Å². The molecule has 1 aromatic carbocycles. The summed E-state index contributed by atoms with van der Waals surface area (Å²) < 4.78 is 38.2. The normalized spacial score (nSPS) is 9.07. The van der Waals surface area contributed by atoms with Crippen LogP contribution in [0.25, 0.3) is 0 Å². The van der Waals surface area contributed by atoms with Crippen molar-refractivity contribution >= 4 is 5.91 Å². The topological polar surface area (TPSA) is 43.1 Å². The van der Waals surface area contributed by atoms with Gasteiger partial charge in [0, 0.05) is 5.92 Å². The number of primary amides is 1. The van der Waals surface area contributed by atoms with E-state index >= 15 is 0 Å². The number of hydrogen-bond donors (Lipinski definition) is 1. The van der Waals surface area contributed by atoms with Gasteiger partial charge in [0.15, 0.2) is 11.6 Å². The minimum Gasteiger partial charge on any atom is -0.359 e. The van der Waals surface area contributed by atoms with Gasteiger partial charge in [-0.1, -0.05) is 5.92 Å². The van der Waals surface area contributed by atoms with Crippen LogP contribution in [0.5, 0.6) is 0 Å². The van der Waals surface area contributed by atoms with E-state index in [9.17, 15) is 18.0 Å². The van der Waals surface area contributed by atoms with Crippen molar-refractivity contribution in [1.29, 1.82) is 0 Å². The Morgan fingerprint density at radius 3 is 2.36 bits per heavy atom. The molecule has 2 nitrogen and oxygen atoms in total. The van der Waals surface area contributed by atoms with E-state index in [-0.39, 0.29) is 0 Å². The van der Waals surface area contributed by atoms with Crippen LogP contribution in [0.2, 0.25) is 0 Å². The molecule has 2 N–H and O–H groups in total. The molecule has 14 heavy (non-hydrogen) atoms. The first kappa shape index (κ1) is 10.1. The molecule has 72 valence electrons. The number of carbonyl (C=O) groups is 1. The molecule has 0 unspecified atom stereocenters. The van der Waals surface area contributed by atoms with Gasteiger partial charge in [-0.15, -0.1) is 0 Å². The standard InChI is InChI=1S/C9H4F3NO/c10-6-2-3-7(11)9(12)5(6)1-4-8(13)14/h2-3H,(H2,13,14). The first-order chi connectivity index (χ1) is 6.52. The van der Waals surface area contributed by atoms with E-state index in [2.05, 4.69) is 5.73 Å². The highest BCUT2D eigenvalue weighted by Crippen LogP contribution is 2.14. The summed E-state index contributed by atoms with van der Waals surface area (Å²) in [6.07, 6.45) is 0. The van der Waals surface area contributed by atoms with Gasteiger partial charge in [0.05, 0.1) is 5.56 Å². The smallest absolute Gasteiger partial charge is 0.293 e.